The van der Waals surface area contributed by atoms with Crippen molar-refractivity contribution in [1.82, 2.24) is 19.7 Å². The lowest BCUT2D eigenvalue weighted by Gasteiger charge is -2.19. The summed E-state index contributed by atoms with van der Waals surface area (Å²) in [5.41, 5.74) is 5.23. The summed E-state index contributed by atoms with van der Waals surface area (Å²) in [5.74, 6) is -1.30. The minimum Gasteiger partial charge on any atom is -0.478 e. The van der Waals surface area contributed by atoms with E-state index in [1.807, 2.05) is 43.3 Å². The molecular formula is C23H18FN5O2. The highest BCUT2D eigenvalue weighted by molar-refractivity contribution is 6.05. The number of anilines is 2. The largest absolute Gasteiger partial charge is 0.478 e. The zero-order valence-corrected chi connectivity index (χ0v) is 16.8. The molecule has 0 fully saturated rings. The topological polar surface area (TPSA) is 87.0 Å². The van der Waals surface area contributed by atoms with Crippen LogP contribution in [0.3, 0.4) is 0 Å². The molecule has 0 unspecified atom stereocenters. The van der Waals surface area contributed by atoms with Gasteiger partial charge in [0, 0.05) is 31.4 Å². The number of rotatable bonds is 4. The molecule has 0 aliphatic carbocycles. The zero-order chi connectivity index (χ0) is 21.7. The molecule has 2 aromatic carbocycles. The van der Waals surface area contributed by atoms with Crippen LogP contribution >= 0.6 is 0 Å². The minimum atomic E-state index is -1.01. The van der Waals surface area contributed by atoms with Crippen LogP contribution in [0.2, 0.25) is 0 Å². The van der Waals surface area contributed by atoms with Gasteiger partial charge in [-0.25, -0.2) is 9.18 Å². The fraction of sp³-hybridized carbons (Fsp3) is 0.0870. The molecule has 2 N–H and O–H groups in total. The van der Waals surface area contributed by atoms with Gasteiger partial charge in [0.25, 0.3) is 0 Å². The molecule has 3 heterocycles. The maximum Gasteiger partial charge on any atom is 0.337 e. The Morgan fingerprint density at radius 2 is 1.94 bits per heavy atom. The molecule has 0 atom stereocenters. The number of halogens is 1. The maximum absolute atomic E-state index is 13.3. The van der Waals surface area contributed by atoms with Crippen molar-refractivity contribution in [2.45, 2.75) is 0 Å². The lowest BCUT2D eigenvalue weighted by molar-refractivity contribution is 0.0698. The SMILES string of the molecule is CN(c1ccc(F)cc1)c1cccc2c(-c3cc4nccc(C(=O)O)c4[nH]3)n(C)nc12. The van der Waals surface area contributed by atoms with Gasteiger partial charge in [-0.05, 0) is 42.5 Å². The molecule has 0 saturated heterocycles. The number of hydrogen-bond acceptors (Lipinski definition) is 4. The number of carboxylic acids is 1. The predicted octanol–water partition coefficient (Wildman–Crippen LogP) is 4.72. The number of nitrogens with one attached hydrogen (secondary N) is 1. The molecule has 154 valence electrons. The summed E-state index contributed by atoms with van der Waals surface area (Å²) in [5, 5.41) is 15.1. The molecular weight excluding hydrogens is 397 g/mol. The van der Waals surface area contributed by atoms with Crippen molar-refractivity contribution in [2.24, 2.45) is 7.05 Å². The molecule has 0 bridgehead atoms. The van der Waals surface area contributed by atoms with Gasteiger partial charge in [-0.1, -0.05) is 12.1 Å². The lowest BCUT2D eigenvalue weighted by atomic mass is 10.1. The number of pyridine rings is 1. The van der Waals surface area contributed by atoms with Crippen LogP contribution in [-0.2, 0) is 7.05 Å². The molecule has 5 aromatic rings. The van der Waals surface area contributed by atoms with E-state index in [2.05, 4.69) is 9.97 Å². The highest BCUT2D eigenvalue weighted by atomic mass is 19.1. The van der Waals surface area contributed by atoms with Gasteiger partial charge in [0.1, 0.15) is 11.3 Å². The Morgan fingerprint density at radius 1 is 1.16 bits per heavy atom. The summed E-state index contributed by atoms with van der Waals surface area (Å²) in [4.78, 5) is 21.0. The van der Waals surface area contributed by atoms with E-state index in [9.17, 15) is 14.3 Å². The predicted molar refractivity (Wildman–Crippen MR) is 117 cm³/mol. The van der Waals surface area contributed by atoms with Crippen LogP contribution in [0.25, 0.3) is 33.3 Å². The van der Waals surface area contributed by atoms with E-state index < -0.39 is 5.97 Å². The van der Waals surface area contributed by atoms with Crippen molar-refractivity contribution in [3.63, 3.8) is 0 Å². The van der Waals surface area contributed by atoms with Crippen LogP contribution in [-0.4, -0.2) is 37.9 Å². The van der Waals surface area contributed by atoms with Crippen molar-refractivity contribution in [3.05, 3.63) is 72.2 Å². The number of carboxylic acid groups (broad SMARTS) is 1. The second-order valence-electron chi connectivity index (χ2n) is 7.29. The average Bonchev–Trinajstić information content (AvgIpc) is 3.32. The first-order chi connectivity index (χ1) is 14.9. The van der Waals surface area contributed by atoms with Gasteiger partial charge in [-0.15, -0.1) is 0 Å². The lowest BCUT2D eigenvalue weighted by Crippen LogP contribution is -2.09. The number of carbonyl (C=O) groups is 1. The highest BCUT2D eigenvalue weighted by Crippen LogP contribution is 2.36. The summed E-state index contributed by atoms with van der Waals surface area (Å²) in [6, 6.07) is 15.4. The first-order valence-electron chi connectivity index (χ1n) is 9.60. The third kappa shape index (κ3) is 3.00. The molecule has 3 aromatic heterocycles. The van der Waals surface area contributed by atoms with Crippen molar-refractivity contribution in [1.29, 1.82) is 0 Å². The molecule has 31 heavy (non-hydrogen) atoms. The van der Waals surface area contributed by atoms with E-state index in [1.54, 1.807) is 16.8 Å². The molecule has 0 amide bonds. The van der Waals surface area contributed by atoms with E-state index >= 15 is 0 Å². The number of aromatic amines is 1. The summed E-state index contributed by atoms with van der Waals surface area (Å²) in [6.07, 6.45) is 1.49. The molecule has 5 rings (SSSR count). The zero-order valence-electron chi connectivity index (χ0n) is 16.8. The minimum absolute atomic E-state index is 0.166. The van der Waals surface area contributed by atoms with Crippen LogP contribution in [0, 0.1) is 5.82 Å². The van der Waals surface area contributed by atoms with Gasteiger partial charge in [0.05, 0.1) is 33.7 Å². The summed E-state index contributed by atoms with van der Waals surface area (Å²) in [6.45, 7) is 0. The van der Waals surface area contributed by atoms with Gasteiger partial charge >= 0.3 is 5.97 Å². The standard InChI is InChI=1S/C23H18FN5O2/c1-28(14-8-6-13(24)7-9-14)19-5-3-4-15-21(19)27-29(2)22(15)18-12-17-20(26-18)16(23(30)31)10-11-25-17/h3-12,26H,1-2H3,(H,30,31). The Labute approximate surface area is 176 Å². The number of nitrogens with zero attached hydrogens (tertiary/aromatic N) is 4. The Balaban J connectivity index is 1.68. The number of benzene rings is 2. The van der Waals surface area contributed by atoms with Gasteiger partial charge < -0.3 is 15.0 Å². The van der Waals surface area contributed by atoms with Crippen molar-refractivity contribution >= 4 is 39.3 Å². The fourth-order valence-corrected chi connectivity index (χ4v) is 3.93. The number of H-pyrrole nitrogens is 1. The number of aromatic carboxylic acids is 1. The average molecular weight is 415 g/mol. The van der Waals surface area contributed by atoms with Crippen LogP contribution < -0.4 is 4.90 Å². The maximum atomic E-state index is 13.3. The van der Waals surface area contributed by atoms with Crippen molar-refractivity contribution in [2.75, 3.05) is 11.9 Å². The van der Waals surface area contributed by atoms with E-state index in [4.69, 9.17) is 5.10 Å². The first kappa shape index (κ1) is 18.8. The summed E-state index contributed by atoms with van der Waals surface area (Å²) >= 11 is 0. The Hall–Kier alpha value is -4.20. The van der Waals surface area contributed by atoms with Crippen LogP contribution in [0.15, 0.2) is 60.8 Å². The van der Waals surface area contributed by atoms with Gasteiger partial charge in [-0.2, -0.15) is 5.10 Å². The molecule has 8 heteroatoms. The quantitative estimate of drug-likeness (QED) is 0.443. The third-order valence-corrected chi connectivity index (χ3v) is 5.43. The molecule has 7 nitrogen and oxygen atoms in total. The van der Waals surface area contributed by atoms with Gasteiger partial charge in [-0.3, -0.25) is 9.67 Å². The highest BCUT2D eigenvalue weighted by Gasteiger charge is 2.19. The van der Waals surface area contributed by atoms with Gasteiger partial charge in [0.15, 0.2) is 0 Å². The first-order valence-corrected chi connectivity index (χ1v) is 9.60. The Morgan fingerprint density at radius 3 is 2.68 bits per heavy atom. The van der Waals surface area contributed by atoms with E-state index in [1.165, 1.54) is 24.4 Å². The van der Waals surface area contributed by atoms with Crippen LogP contribution in [0.5, 0.6) is 0 Å². The molecule has 0 aliphatic heterocycles. The van der Waals surface area contributed by atoms with E-state index in [0.717, 1.165) is 33.7 Å². The van der Waals surface area contributed by atoms with Crippen molar-refractivity contribution in [3.8, 4) is 11.4 Å². The number of aromatic nitrogens is 4. The number of fused-ring (bicyclic) bond motifs is 2. The molecule has 0 aliphatic rings. The van der Waals surface area contributed by atoms with Gasteiger partial charge in [0.2, 0.25) is 0 Å². The molecule has 0 spiro atoms. The number of hydrogen-bond donors (Lipinski definition) is 2. The second kappa shape index (κ2) is 6.94. The van der Waals surface area contributed by atoms with Crippen LogP contribution in [0.4, 0.5) is 15.8 Å². The third-order valence-electron chi connectivity index (χ3n) is 5.43. The molecule has 0 radical (unpaired) electrons. The summed E-state index contributed by atoms with van der Waals surface area (Å²) < 4.78 is 15.1. The van der Waals surface area contributed by atoms with Crippen molar-refractivity contribution < 1.29 is 14.3 Å². The van der Waals surface area contributed by atoms with E-state index in [0.29, 0.717) is 11.0 Å². The second-order valence-corrected chi connectivity index (χ2v) is 7.29. The van der Waals surface area contributed by atoms with E-state index in [-0.39, 0.29) is 11.4 Å². The smallest absolute Gasteiger partial charge is 0.337 e. The Kier molecular flexibility index (Phi) is 4.21. The fourth-order valence-electron chi connectivity index (χ4n) is 3.93. The monoisotopic (exact) mass is 415 g/mol. The number of aryl methyl sites for hydroxylation is 1. The summed E-state index contributed by atoms with van der Waals surface area (Å²) in [7, 11) is 3.75. The molecule has 0 saturated carbocycles. The Bertz CT molecular complexity index is 1450. The van der Waals surface area contributed by atoms with Crippen LogP contribution in [0.1, 0.15) is 10.4 Å². The normalized spacial score (nSPS) is 11.3.